The molecule has 3 aliphatic heterocycles. The minimum absolute atomic E-state index is 0.0545. The van der Waals surface area contributed by atoms with E-state index in [0.717, 1.165) is 12.8 Å². The number of hydrogen-bond acceptors (Lipinski definition) is 5. The van der Waals surface area contributed by atoms with Crippen LogP contribution in [0.25, 0.3) is 16.6 Å². The smallest absolute Gasteiger partial charge is 0.279 e. The number of fused-ring (bicyclic) bond motifs is 3. The zero-order chi connectivity index (χ0) is 28.6. The second-order valence-corrected chi connectivity index (χ2v) is 15.7. The topological polar surface area (TPSA) is 108 Å². The number of aliphatic hydroxyl groups excluding tert-OH is 1. The lowest BCUT2D eigenvalue weighted by molar-refractivity contribution is -0.149. The number of nitrogens with zero attached hydrogens (tertiary/aromatic N) is 3. The van der Waals surface area contributed by atoms with Crippen molar-refractivity contribution in [2.24, 2.45) is 5.92 Å². The number of aromatic nitrogens is 2. The third-order valence-corrected chi connectivity index (χ3v) is 11.7. The van der Waals surface area contributed by atoms with E-state index in [1.807, 2.05) is 19.1 Å². The normalized spacial score (nSPS) is 28.3. The van der Waals surface area contributed by atoms with Crippen molar-refractivity contribution in [3.8, 4) is 5.69 Å². The number of benzene rings is 2. The van der Waals surface area contributed by atoms with Gasteiger partial charge < -0.3 is 23.8 Å². The molecule has 3 aliphatic rings. The van der Waals surface area contributed by atoms with E-state index in [2.05, 4.69) is 5.10 Å². The number of aliphatic hydroxyl groups is 1. The molecule has 2 aromatic carbocycles. The largest absolute Gasteiger partial charge is 0.394 e. The summed E-state index contributed by atoms with van der Waals surface area (Å²) in [6, 6.07) is 12.3. The molecule has 1 spiro atoms. The number of carbonyl (C=O) groups is 2. The lowest BCUT2D eigenvalue weighted by Crippen LogP contribution is -2.44. The molecule has 0 saturated carbocycles. The number of nitrogens with one attached hydrogen (secondary N) is 1. The van der Waals surface area contributed by atoms with Crippen LogP contribution in [-0.4, -0.2) is 72.4 Å². The highest BCUT2D eigenvalue weighted by atomic mass is 28.4. The molecule has 9 nitrogen and oxygen atoms in total. The summed E-state index contributed by atoms with van der Waals surface area (Å²) in [5.41, 5.74) is 0.113. The lowest BCUT2D eigenvalue weighted by Gasteiger charge is -2.31. The summed E-state index contributed by atoms with van der Waals surface area (Å²) >= 11 is 0. The number of hydrogen-bond donors (Lipinski definition) is 2. The number of amides is 2. The highest BCUT2D eigenvalue weighted by molar-refractivity contribution is 6.72. The summed E-state index contributed by atoms with van der Waals surface area (Å²) in [5, 5.41) is 13.4. The Balaban J connectivity index is 1.43. The molecule has 2 N–H and O–H groups in total. The molecule has 4 heterocycles. The van der Waals surface area contributed by atoms with Crippen molar-refractivity contribution >= 4 is 36.8 Å². The Kier molecular flexibility index (Phi) is 6.32. The van der Waals surface area contributed by atoms with Crippen molar-refractivity contribution in [1.29, 1.82) is 0 Å². The van der Waals surface area contributed by atoms with E-state index >= 15 is 4.11 Å². The van der Waals surface area contributed by atoms with Gasteiger partial charge in [0, 0.05) is 30.6 Å². The van der Waals surface area contributed by atoms with Gasteiger partial charge in [-0.2, -0.15) is 0 Å². The van der Waals surface area contributed by atoms with E-state index in [1.54, 1.807) is 55.4 Å². The van der Waals surface area contributed by atoms with Crippen molar-refractivity contribution < 1.29 is 23.5 Å². The molecule has 2 fully saturated rings. The molecule has 2 saturated heterocycles. The van der Waals surface area contributed by atoms with Gasteiger partial charge >= 0.3 is 0 Å². The predicted octanol–water partition coefficient (Wildman–Crippen LogP) is 3.44. The van der Waals surface area contributed by atoms with Gasteiger partial charge in [-0.15, -0.1) is 0 Å². The van der Waals surface area contributed by atoms with E-state index in [-0.39, 0.29) is 36.4 Å². The number of ether oxygens (including phenoxy) is 1. The third-order valence-electron chi connectivity index (χ3n) is 9.21. The number of para-hydroxylation sites is 1. The van der Waals surface area contributed by atoms with Crippen molar-refractivity contribution in [3.63, 3.8) is 0 Å². The number of likely N-dealkylation sites (tertiary alicyclic amines) is 1. The van der Waals surface area contributed by atoms with Gasteiger partial charge in [-0.3, -0.25) is 19.5 Å². The molecule has 0 radical (unpaired) electrons. The van der Waals surface area contributed by atoms with E-state index in [0.29, 0.717) is 34.4 Å². The van der Waals surface area contributed by atoms with Crippen molar-refractivity contribution in [1.82, 2.24) is 14.7 Å². The Morgan fingerprint density at radius 2 is 1.98 bits per heavy atom. The highest BCUT2D eigenvalue weighted by Crippen LogP contribution is 2.60. The van der Waals surface area contributed by atoms with Crippen LogP contribution in [0.1, 0.15) is 31.7 Å². The van der Waals surface area contributed by atoms with Gasteiger partial charge in [-0.05, 0) is 56.3 Å². The summed E-state index contributed by atoms with van der Waals surface area (Å²) in [5.74, 6) is -1.04. The number of likely N-dealkylation sites (N-methyl/N-ethyl adjacent to an activating group) is 1. The quantitative estimate of drug-likeness (QED) is 0.364. The Morgan fingerprint density at radius 3 is 2.67 bits per heavy atom. The van der Waals surface area contributed by atoms with Gasteiger partial charge in [0.15, 0.2) is 5.60 Å². The first-order valence-electron chi connectivity index (χ1n) is 13.9. The van der Waals surface area contributed by atoms with E-state index in [1.165, 1.54) is 9.58 Å². The van der Waals surface area contributed by atoms with Crippen LogP contribution in [0.4, 0.5) is 9.80 Å². The van der Waals surface area contributed by atoms with Gasteiger partial charge in [-0.25, -0.2) is 4.68 Å². The molecule has 2 amide bonds. The van der Waals surface area contributed by atoms with Crippen molar-refractivity contribution in [3.05, 3.63) is 58.4 Å². The molecule has 0 bridgehead atoms. The van der Waals surface area contributed by atoms with Gasteiger partial charge in [0.2, 0.25) is 14.3 Å². The Hall–Kier alpha value is -3.28. The number of aromatic amines is 1. The highest BCUT2D eigenvalue weighted by Gasteiger charge is 2.66. The molecule has 5 atom stereocenters. The Morgan fingerprint density at radius 1 is 1.23 bits per heavy atom. The minimum Gasteiger partial charge on any atom is -0.394 e. The maximum Gasteiger partial charge on any atom is 0.279 e. The second-order valence-electron chi connectivity index (χ2n) is 11.9. The number of H-pyrrole nitrogens is 1. The van der Waals surface area contributed by atoms with E-state index in [4.69, 9.17) is 4.74 Å². The van der Waals surface area contributed by atoms with Crippen LogP contribution in [0.3, 0.4) is 0 Å². The molecular formula is C29H35FN4O5Si. The zero-order valence-electron chi connectivity index (χ0n) is 23.2. The molecule has 6 rings (SSSR count). The maximum absolute atomic E-state index is 16.0. The molecule has 11 heteroatoms. The number of carbonyl (C=O) groups excluding carboxylic acids is 2. The fraction of sp³-hybridized carbons (Fsp3) is 0.483. The first kappa shape index (κ1) is 26.9. The van der Waals surface area contributed by atoms with Crippen LogP contribution in [0.2, 0.25) is 18.6 Å². The molecular weight excluding hydrogens is 531 g/mol. The first-order valence-corrected chi connectivity index (χ1v) is 16.8. The molecule has 0 unspecified atom stereocenters. The predicted molar refractivity (Wildman–Crippen MR) is 152 cm³/mol. The van der Waals surface area contributed by atoms with E-state index < -0.39 is 31.6 Å². The second kappa shape index (κ2) is 9.39. The standard InChI is InChI=1S/C29H35FN4O5Si/c1-17-26(40(3,4)30)24(15-25(36)33-13-7-8-19(33)16-35)39-29(17)21-14-18(11-12-23(21)32(2)28(29)38)34-27(37)20-9-5-6-10-22(20)31-34/h5-6,9-12,14,17,19,24,26,31,35H,7-8,13,15-16H2,1-4H3/t17-,19+,24+,26-,29+/m1/s1. The average molecular weight is 567 g/mol. The summed E-state index contributed by atoms with van der Waals surface area (Å²) in [6.45, 7) is 5.48. The van der Waals surface area contributed by atoms with Crippen molar-refractivity contribution in [2.45, 2.75) is 62.6 Å². The average Bonchev–Trinajstić information content (AvgIpc) is 3.65. The van der Waals surface area contributed by atoms with Gasteiger partial charge in [0.05, 0.1) is 47.5 Å². The summed E-state index contributed by atoms with van der Waals surface area (Å²) < 4.78 is 24.1. The van der Waals surface area contributed by atoms with Crippen LogP contribution in [0, 0.1) is 5.92 Å². The molecule has 3 aromatic rings. The van der Waals surface area contributed by atoms with Gasteiger partial charge in [-0.1, -0.05) is 19.1 Å². The molecule has 1 aromatic heterocycles. The maximum atomic E-state index is 16.0. The van der Waals surface area contributed by atoms with Crippen LogP contribution < -0.4 is 10.5 Å². The number of halogens is 1. The Labute approximate surface area is 232 Å². The van der Waals surface area contributed by atoms with E-state index in [9.17, 15) is 19.5 Å². The number of rotatable bonds is 5. The third kappa shape index (κ3) is 3.81. The van der Waals surface area contributed by atoms with Crippen LogP contribution in [-0.2, 0) is 19.9 Å². The Bertz CT molecular complexity index is 1560. The summed E-state index contributed by atoms with van der Waals surface area (Å²) in [7, 11) is -1.77. The summed E-state index contributed by atoms with van der Waals surface area (Å²) in [6.07, 6.45) is 0.688. The van der Waals surface area contributed by atoms with Gasteiger partial charge in [0.1, 0.15) is 0 Å². The SMILES string of the molecule is C[C@@H]1[C@@H]([Si](C)(C)F)[C@H](CC(=O)N2CCC[C@H]2CO)O[C@@]12C(=O)N(C)c1ccc(-n3[nH]c4ccccc4c3=O)cc12. The monoisotopic (exact) mass is 566 g/mol. The summed E-state index contributed by atoms with van der Waals surface area (Å²) in [4.78, 5) is 43.8. The van der Waals surface area contributed by atoms with Gasteiger partial charge in [0.25, 0.3) is 11.5 Å². The fourth-order valence-electron chi connectivity index (χ4n) is 7.36. The molecule has 212 valence electrons. The molecule has 0 aliphatic carbocycles. The van der Waals surface area contributed by atoms with Crippen LogP contribution in [0.15, 0.2) is 47.3 Å². The first-order chi connectivity index (χ1) is 19.0. The minimum atomic E-state index is -3.43. The van der Waals surface area contributed by atoms with Crippen LogP contribution >= 0.6 is 0 Å². The lowest BCUT2D eigenvalue weighted by atomic mass is 9.82. The molecule has 40 heavy (non-hydrogen) atoms. The number of anilines is 1. The zero-order valence-corrected chi connectivity index (χ0v) is 24.2. The fourth-order valence-corrected chi connectivity index (χ4v) is 9.86. The van der Waals surface area contributed by atoms with Crippen LogP contribution in [0.5, 0.6) is 0 Å². The van der Waals surface area contributed by atoms with Crippen molar-refractivity contribution in [2.75, 3.05) is 25.1 Å².